The SMILES string of the molecule is O.O.O=C(O)C(=O)O.[MgH2]. The summed E-state index contributed by atoms with van der Waals surface area (Å²) in [5.74, 6) is -3.65. The Morgan fingerprint density at radius 3 is 1.00 bits per heavy atom. The first-order valence-corrected chi connectivity index (χ1v) is 1.11. The molecule has 6 N–H and O–H groups in total. The quantitative estimate of drug-likeness (QED) is 0.276. The summed E-state index contributed by atoms with van der Waals surface area (Å²) in [5, 5.41) is 14.8. The van der Waals surface area contributed by atoms with Crippen LogP contribution in [0.5, 0.6) is 0 Å². The molecule has 0 aliphatic heterocycles. The molecule has 0 heterocycles. The Kier molecular flexibility index (Phi) is 27.6. The van der Waals surface area contributed by atoms with Crippen LogP contribution in [0.3, 0.4) is 0 Å². The summed E-state index contributed by atoms with van der Waals surface area (Å²) < 4.78 is 0. The maximum absolute atomic E-state index is 9.10. The lowest BCUT2D eigenvalue weighted by Gasteiger charge is -1.72. The summed E-state index contributed by atoms with van der Waals surface area (Å²) in [6.45, 7) is 0. The van der Waals surface area contributed by atoms with Crippen molar-refractivity contribution in [2.45, 2.75) is 0 Å². The van der Waals surface area contributed by atoms with Crippen molar-refractivity contribution in [2.24, 2.45) is 0 Å². The fourth-order valence-electron chi connectivity index (χ4n) is 0. The van der Waals surface area contributed by atoms with Crippen molar-refractivity contribution in [3.8, 4) is 0 Å². The molecule has 0 atom stereocenters. The van der Waals surface area contributed by atoms with Crippen LogP contribution in [0.25, 0.3) is 0 Å². The first-order chi connectivity index (χ1) is 2.64. The van der Waals surface area contributed by atoms with Gasteiger partial charge in [0.25, 0.3) is 0 Å². The number of rotatable bonds is 0. The van der Waals surface area contributed by atoms with Crippen molar-refractivity contribution in [1.82, 2.24) is 0 Å². The standard InChI is InChI=1S/C2H2O4.Mg.2H2O.2H/c3-1(4)2(5)6;;;;;/h(H,3,4)(H,5,6);;2*1H2;;. The molecule has 0 rings (SSSR count). The molecular formula is C2H8MgO6. The second kappa shape index (κ2) is 10.6. The normalized spacial score (nSPS) is 4.89. The lowest BCUT2D eigenvalue weighted by atomic mass is 10.7. The van der Waals surface area contributed by atoms with E-state index in [0.29, 0.717) is 0 Å². The minimum atomic E-state index is -1.82. The van der Waals surface area contributed by atoms with Crippen LogP contribution in [0.1, 0.15) is 0 Å². The number of carboxylic acid groups (broad SMARTS) is 2. The molecule has 0 aromatic carbocycles. The maximum atomic E-state index is 9.10. The first-order valence-electron chi connectivity index (χ1n) is 1.11. The van der Waals surface area contributed by atoms with Gasteiger partial charge in [0.05, 0.1) is 0 Å². The van der Waals surface area contributed by atoms with Crippen molar-refractivity contribution in [1.29, 1.82) is 0 Å². The zero-order chi connectivity index (χ0) is 5.15. The van der Waals surface area contributed by atoms with Crippen molar-refractivity contribution in [2.75, 3.05) is 0 Å². The van der Waals surface area contributed by atoms with Crippen LogP contribution < -0.4 is 0 Å². The Bertz CT molecular complexity index is 77.1. The highest BCUT2D eigenvalue weighted by Gasteiger charge is 2.04. The van der Waals surface area contributed by atoms with Crippen molar-refractivity contribution >= 4 is 35.0 Å². The molecule has 0 aromatic rings. The van der Waals surface area contributed by atoms with Crippen LogP contribution in [-0.2, 0) is 9.59 Å². The maximum Gasteiger partial charge on any atom is 0.414 e. The van der Waals surface area contributed by atoms with Crippen LogP contribution in [0.2, 0.25) is 0 Å². The smallest absolute Gasteiger partial charge is 0.414 e. The van der Waals surface area contributed by atoms with Crippen LogP contribution in [0.4, 0.5) is 0 Å². The lowest BCUT2D eigenvalue weighted by Crippen LogP contribution is -2.09. The molecule has 0 unspecified atom stereocenters. The summed E-state index contributed by atoms with van der Waals surface area (Å²) in [7, 11) is 0. The van der Waals surface area contributed by atoms with Gasteiger partial charge in [-0.3, -0.25) is 0 Å². The van der Waals surface area contributed by atoms with E-state index in [2.05, 4.69) is 0 Å². The van der Waals surface area contributed by atoms with Crippen molar-refractivity contribution in [3.05, 3.63) is 0 Å². The fraction of sp³-hybridized carbons (Fsp3) is 0. The third-order valence-corrected chi connectivity index (χ3v) is 0.183. The van der Waals surface area contributed by atoms with E-state index in [4.69, 9.17) is 19.8 Å². The summed E-state index contributed by atoms with van der Waals surface area (Å²) in [6, 6.07) is 0. The van der Waals surface area contributed by atoms with Gasteiger partial charge in [-0.2, -0.15) is 0 Å². The van der Waals surface area contributed by atoms with Crippen LogP contribution in [0.15, 0.2) is 0 Å². The Balaban J connectivity index is -0.0000000417. The van der Waals surface area contributed by atoms with E-state index in [1.165, 1.54) is 0 Å². The van der Waals surface area contributed by atoms with Crippen LogP contribution >= 0.6 is 0 Å². The molecule has 0 spiro atoms. The van der Waals surface area contributed by atoms with E-state index in [1.54, 1.807) is 0 Å². The Morgan fingerprint density at radius 2 is 1.00 bits per heavy atom. The van der Waals surface area contributed by atoms with Crippen LogP contribution in [0, 0.1) is 0 Å². The predicted octanol–water partition coefficient (Wildman–Crippen LogP) is -3.41. The third kappa shape index (κ3) is 18.4. The van der Waals surface area contributed by atoms with E-state index in [0.717, 1.165) is 0 Å². The first kappa shape index (κ1) is 23.4. The third-order valence-electron chi connectivity index (χ3n) is 0.183. The number of carbonyl (C=O) groups is 2. The zero-order valence-electron chi connectivity index (χ0n) is 3.71. The van der Waals surface area contributed by atoms with Gasteiger partial charge in [-0.25, -0.2) is 9.59 Å². The van der Waals surface area contributed by atoms with E-state index in [-0.39, 0.29) is 34.0 Å². The van der Waals surface area contributed by atoms with E-state index >= 15 is 0 Å². The van der Waals surface area contributed by atoms with Gasteiger partial charge in [0.2, 0.25) is 0 Å². The molecule has 0 amide bonds. The number of aliphatic carboxylic acids is 2. The Hall–Kier alpha value is -0.374. The molecule has 0 bridgehead atoms. The highest BCUT2D eigenvalue weighted by atomic mass is 24.3. The number of hydrogen-bond donors (Lipinski definition) is 2. The van der Waals surface area contributed by atoms with Gasteiger partial charge in [-0.15, -0.1) is 0 Å². The van der Waals surface area contributed by atoms with Crippen molar-refractivity contribution < 1.29 is 30.8 Å². The van der Waals surface area contributed by atoms with Gasteiger partial charge in [0.15, 0.2) is 0 Å². The Labute approximate surface area is 66.2 Å². The van der Waals surface area contributed by atoms with Gasteiger partial charge in [-0.05, 0) is 0 Å². The molecule has 6 nitrogen and oxygen atoms in total. The monoisotopic (exact) mass is 152 g/mol. The van der Waals surface area contributed by atoms with E-state index < -0.39 is 11.9 Å². The molecule has 54 valence electrons. The molecule has 0 fully saturated rings. The minimum absolute atomic E-state index is 0. The van der Waals surface area contributed by atoms with Crippen molar-refractivity contribution in [3.63, 3.8) is 0 Å². The number of hydrogen-bond acceptors (Lipinski definition) is 2. The van der Waals surface area contributed by atoms with Crippen LogP contribution in [-0.4, -0.2) is 56.2 Å². The topological polar surface area (TPSA) is 138 Å². The highest BCUT2D eigenvalue weighted by Crippen LogP contribution is 1.56. The lowest BCUT2D eigenvalue weighted by molar-refractivity contribution is -0.159. The summed E-state index contributed by atoms with van der Waals surface area (Å²) in [5.41, 5.74) is 0. The second-order valence-electron chi connectivity index (χ2n) is 0.610. The largest absolute Gasteiger partial charge is 0.473 e. The highest BCUT2D eigenvalue weighted by molar-refractivity contribution is 6.27. The second-order valence-corrected chi connectivity index (χ2v) is 0.610. The number of carboxylic acids is 2. The summed E-state index contributed by atoms with van der Waals surface area (Å²) in [6.07, 6.45) is 0. The fourth-order valence-corrected chi connectivity index (χ4v) is 0. The molecule has 9 heavy (non-hydrogen) atoms. The average Bonchev–Trinajstić information content (AvgIpc) is 1.36. The zero-order valence-corrected chi connectivity index (χ0v) is 3.71. The molecule has 0 aliphatic carbocycles. The Morgan fingerprint density at radius 1 is 0.889 bits per heavy atom. The molecule has 7 heteroatoms. The summed E-state index contributed by atoms with van der Waals surface area (Å²) >= 11 is 0. The van der Waals surface area contributed by atoms with E-state index in [1.807, 2.05) is 0 Å². The molecule has 0 aromatic heterocycles. The van der Waals surface area contributed by atoms with Gasteiger partial charge in [-0.1, -0.05) is 0 Å². The van der Waals surface area contributed by atoms with Gasteiger partial charge >= 0.3 is 35.0 Å². The van der Waals surface area contributed by atoms with E-state index in [9.17, 15) is 0 Å². The predicted molar refractivity (Wildman–Crippen MR) is 31.0 cm³/mol. The molecular weight excluding hydrogens is 144 g/mol. The van der Waals surface area contributed by atoms with Gasteiger partial charge in [0.1, 0.15) is 0 Å². The molecule has 0 radical (unpaired) electrons. The minimum Gasteiger partial charge on any atom is -0.473 e. The summed E-state index contributed by atoms with van der Waals surface area (Å²) in [4.78, 5) is 18.2. The molecule has 0 aliphatic rings. The van der Waals surface area contributed by atoms with Gasteiger partial charge in [0, 0.05) is 0 Å². The van der Waals surface area contributed by atoms with Gasteiger partial charge < -0.3 is 21.2 Å². The molecule has 0 saturated carbocycles. The molecule has 0 saturated heterocycles. The average molecular weight is 152 g/mol.